The third-order valence-electron chi connectivity index (χ3n) is 7.54. The molecule has 1 N–H and O–H groups in total. The van der Waals surface area contributed by atoms with Gasteiger partial charge in [0, 0.05) is 13.0 Å². The molecule has 3 aromatic carbocycles. The van der Waals surface area contributed by atoms with Crippen LogP contribution in [0.15, 0.2) is 60.7 Å². The van der Waals surface area contributed by atoms with Gasteiger partial charge in [-0.25, -0.2) is 9.78 Å². The van der Waals surface area contributed by atoms with Crippen LogP contribution in [0.1, 0.15) is 63.8 Å². The number of benzene rings is 3. The van der Waals surface area contributed by atoms with Crippen molar-refractivity contribution in [3.63, 3.8) is 0 Å². The molecule has 0 unspecified atom stereocenters. The average molecular weight is 485 g/mol. The van der Waals surface area contributed by atoms with Crippen molar-refractivity contribution in [3.8, 4) is 5.75 Å². The van der Waals surface area contributed by atoms with Crippen molar-refractivity contribution in [3.05, 3.63) is 72.1 Å². The van der Waals surface area contributed by atoms with Crippen LogP contribution in [-0.2, 0) is 24.2 Å². The number of ether oxygens (including phenoxy) is 1. The fraction of sp³-hybridized carbons (Fsp3) is 0.419. The van der Waals surface area contributed by atoms with E-state index >= 15 is 0 Å². The molecule has 0 radical (unpaired) electrons. The van der Waals surface area contributed by atoms with Gasteiger partial charge in [-0.15, -0.1) is 0 Å². The Labute approximate surface area is 213 Å². The highest BCUT2D eigenvalue weighted by Crippen LogP contribution is 2.30. The Hall–Kier alpha value is -3.34. The first-order chi connectivity index (χ1) is 17.4. The summed E-state index contributed by atoms with van der Waals surface area (Å²) in [6.45, 7) is 4.19. The van der Waals surface area contributed by atoms with E-state index in [2.05, 4.69) is 41.0 Å². The summed E-state index contributed by atoms with van der Waals surface area (Å²) in [5.74, 6) is 1.53. The number of aromatic nitrogens is 2. The third kappa shape index (κ3) is 5.40. The zero-order valence-electron chi connectivity index (χ0n) is 21.4. The second kappa shape index (κ2) is 10.3. The SMILES string of the molecule is CC(C)(Oc1ccc(CCCc2nc3cc4ccccc4cc3n2CC2CCCCC2)cc1)C(=O)O. The number of carbonyl (C=O) groups is 1. The maximum Gasteiger partial charge on any atom is 0.347 e. The fourth-order valence-corrected chi connectivity index (χ4v) is 5.40. The molecule has 1 heterocycles. The van der Waals surface area contributed by atoms with Crippen molar-refractivity contribution in [2.75, 3.05) is 0 Å². The first kappa shape index (κ1) is 24.4. The van der Waals surface area contributed by atoms with Crippen LogP contribution in [0.5, 0.6) is 5.75 Å². The highest BCUT2D eigenvalue weighted by Gasteiger charge is 2.29. The van der Waals surface area contributed by atoms with Gasteiger partial charge in [0.1, 0.15) is 11.6 Å². The number of aliphatic carboxylic acids is 1. The minimum atomic E-state index is -1.25. The van der Waals surface area contributed by atoms with Gasteiger partial charge in [0.2, 0.25) is 0 Å². The maximum atomic E-state index is 11.3. The molecule has 36 heavy (non-hydrogen) atoms. The number of hydrogen-bond acceptors (Lipinski definition) is 3. The molecule has 1 aromatic heterocycles. The smallest absolute Gasteiger partial charge is 0.347 e. The topological polar surface area (TPSA) is 64.4 Å². The van der Waals surface area contributed by atoms with Crippen LogP contribution in [0.2, 0.25) is 0 Å². The van der Waals surface area contributed by atoms with E-state index in [1.54, 1.807) is 13.8 Å². The summed E-state index contributed by atoms with van der Waals surface area (Å²) in [7, 11) is 0. The second-order valence-corrected chi connectivity index (χ2v) is 10.7. The van der Waals surface area contributed by atoms with E-state index < -0.39 is 11.6 Å². The van der Waals surface area contributed by atoms with Crippen molar-refractivity contribution in [2.45, 2.75) is 77.4 Å². The first-order valence-electron chi connectivity index (χ1n) is 13.3. The molecular formula is C31H36N2O3. The van der Waals surface area contributed by atoms with Crippen molar-refractivity contribution in [1.82, 2.24) is 9.55 Å². The number of hydrogen-bond donors (Lipinski definition) is 1. The Kier molecular flexibility index (Phi) is 6.99. The van der Waals surface area contributed by atoms with Gasteiger partial charge in [-0.3, -0.25) is 0 Å². The molecule has 0 atom stereocenters. The number of nitrogens with zero attached hydrogens (tertiary/aromatic N) is 2. The molecule has 1 fully saturated rings. The van der Waals surface area contributed by atoms with E-state index in [0.717, 1.165) is 37.2 Å². The summed E-state index contributed by atoms with van der Waals surface area (Å²) in [5, 5.41) is 11.8. The largest absolute Gasteiger partial charge is 0.478 e. The Morgan fingerprint density at radius 3 is 2.39 bits per heavy atom. The first-order valence-corrected chi connectivity index (χ1v) is 13.3. The number of carboxylic acids is 1. The third-order valence-corrected chi connectivity index (χ3v) is 7.54. The van der Waals surface area contributed by atoms with Crippen LogP contribution in [0.25, 0.3) is 21.8 Å². The summed E-state index contributed by atoms with van der Waals surface area (Å²) < 4.78 is 8.14. The minimum absolute atomic E-state index is 0.576. The lowest BCUT2D eigenvalue weighted by Crippen LogP contribution is -2.37. The molecule has 5 heteroatoms. The highest BCUT2D eigenvalue weighted by molar-refractivity contribution is 5.95. The Morgan fingerprint density at radius 2 is 1.69 bits per heavy atom. The normalized spacial score (nSPS) is 14.9. The Bertz CT molecular complexity index is 1350. The lowest BCUT2D eigenvalue weighted by molar-refractivity contribution is -0.152. The van der Waals surface area contributed by atoms with Gasteiger partial charge in [0.25, 0.3) is 0 Å². The van der Waals surface area contributed by atoms with E-state index in [4.69, 9.17) is 9.72 Å². The standard InChI is InChI=1S/C31H36N2O3/c1-31(2,30(34)35)36-26-17-15-22(16-18-26)11-8-14-29-32-27-19-24-12-6-7-13-25(24)20-28(27)33(29)21-23-9-4-3-5-10-23/h6-7,12-13,15-20,23H,3-5,8-11,14,21H2,1-2H3,(H,34,35). The molecule has 1 aliphatic carbocycles. The molecule has 1 aliphatic rings. The molecule has 0 saturated heterocycles. The molecule has 0 spiro atoms. The van der Waals surface area contributed by atoms with Gasteiger partial charge in [0.15, 0.2) is 5.60 Å². The van der Waals surface area contributed by atoms with Crippen LogP contribution in [0.3, 0.4) is 0 Å². The van der Waals surface area contributed by atoms with Crippen LogP contribution in [0.4, 0.5) is 0 Å². The molecule has 0 amide bonds. The molecular weight excluding hydrogens is 448 g/mol. The average Bonchev–Trinajstić information content (AvgIpc) is 3.20. The minimum Gasteiger partial charge on any atom is -0.478 e. The summed E-state index contributed by atoms with van der Waals surface area (Å²) in [6, 6.07) is 20.9. The molecule has 5 rings (SSSR count). The Morgan fingerprint density at radius 1 is 1.00 bits per heavy atom. The molecule has 0 aliphatic heterocycles. The van der Waals surface area contributed by atoms with Gasteiger partial charge in [-0.05, 0) is 86.1 Å². The number of imidazole rings is 1. The molecule has 0 bridgehead atoms. The predicted molar refractivity (Wildman–Crippen MR) is 145 cm³/mol. The highest BCUT2D eigenvalue weighted by atomic mass is 16.5. The summed E-state index contributed by atoms with van der Waals surface area (Å²) in [6.07, 6.45) is 9.58. The van der Waals surface area contributed by atoms with Crippen LogP contribution < -0.4 is 4.74 Å². The number of fused-ring (bicyclic) bond motifs is 2. The lowest BCUT2D eigenvalue weighted by atomic mass is 9.89. The van der Waals surface area contributed by atoms with Gasteiger partial charge in [-0.1, -0.05) is 55.7 Å². The number of aryl methyl sites for hydroxylation is 2. The van der Waals surface area contributed by atoms with Gasteiger partial charge in [0.05, 0.1) is 11.0 Å². The van der Waals surface area contributed by atoms with Crippen molar-refractivity contribution in [1.29, 1.82) is 0 Å². The zero-order chi connectivity index (χ0) is 25.1. The van der Waals surface area contributed by atoms with Crippen molar-refractivity contribution in [2.24, 2.45) is 5.92 Å². The van der Waals surface area contributed by atoms with Crippen molar-refractivity contribution < 1.29 is 14.6 Å². The fourth-order valence-electron chi connectivity index (χ4n) is 5.40. The molecule has 188 valence electrons. The van der Waals surface area contributed by atoms with Gasteiger partial charge in [-0.2, -0.15) is 0 Å². The zero-order valence-corrected chi connectivity index (χ0v) is 21.4. The van der Waals surface area contributed by atoms with Crippen LogP contribution >= 0.6 is 0 Å². The number of rotatable bonds is 9. The van der Waals surface area contributed by atoms with Gasteiger partial charge < -0.3 is 14.4 Å². The van der Waals surface area contributed by atoms with E-state index in [-0.39, 0.29) is 0 Å². The van der Waals surface area contributed by atoms with Gasteiger partial charge >= 0.3 is 5.97 Å². The predicted octanol–water partition coefficient (Wildman–Crippen LogP) is 7.19. The summed E-state index contributed by atoms with van der Waals surface area (Å²) in [5.41, 5.74) is 2.33. The van der Waals surface area contributed by atoms with E-state index in [9.17, 15) is 9.90 Å². The lowest BCUT2D eigenvalue weighted by Gasteiger charge is -2.23. The number of carboxylic acid groups (broad SMARTS) is 1. The van der Waals surface area contributed by atoms with Crippen LogP contribution in [-0.4, -0.2) is 26.2 Å². The Balaban J connectivity index is 1.32. The maximum absolute atomic E-state index is 11.3. The molecule has 1 saturated carbocycles. The van der Waals surface area contributed by atoms with Crippen molar-refractivity contribution >= 4 is 27.8 Å². The summed E-state index contributed by atoms with van der Waals surface area (Å²) >= 11 is 0. The quantitative estimate of drug-likeness (QED) is 0.273. The molecule has 5 nitrogen and oxygen atoms in total. The monoisotopic (exact) mass is 484 g/mol. The molecule has 4 aromatic rings. The van der Waals surface area contributed by atoms with E-state index in [0.29, 0.717) is 5.75 Å². The summed E-state index contributed by atoms with van der Waals surface area (Å²) in [4.78, 5) is 16.4. The van der Waals surface area contributed by atoms with E-state index in [1.165, 1.54) is 59.8 Å². The van der Waals surface area contributed by atoms with E-state index in [1.807, 2.05) is 24.3 Å². The van der Waals surface area contributed by atoms with Crippen LogP contribution in [0, 0.1) is 5.92 Å². The second-order valence-electron chi connectivity index (χ2n) is 10.7.